The summed E-state index contributed by atoms with van der Waals surface area (Å²) in [5, 5.41) is 5.01. The fraction of sp³-hybridized carbons (Fsp3) is 0.250. The molecule has 0 radical (unpaired) electrons. The summed E-state index contributed by atoms with van der Waals surface area (Å²) >= 11 is 6.16. The van der Waals surface area contributed by atoms with Crippen LogP contribution in [0, 0.1) is 0 Å². The van der Waals surface area contributed by atoms with Crippen molar-refractivity contribution in [2.45, 2.75) is 13.0 Å². The van der Waals surface area contributed by atoms with E-state index in [2.05, 4.69) is 5.10 Å². The molecule has 1 unspecified atom stereocenters. The van der Waals surface area contributed by atoms with Gasteiger partial charge in [0.2, 0.25) is 0 Å². The average molecular weight is 236 g/mol. The monoisotopic (exact) mass is 235 g/mol. The largest absolute Gasteiger partial charge is 0.328 e. The van der Waals surface area contributed by atoms with E-state index < -0.39 is 0 Å². The third-order valence-corrected chi connectivity index (χ3v) is 2.91. The molecule has 1 aromatic heterocycles. The Bertz CT molecular complexity index is 479. The Morgan fingerprint density at radius 3 is 2.81 bits per heavy atom. The summed E-state index contributed by atoms with van der Waals surface area (Å²) in [5.74, 6) is 0. The van der Waals surface area contributed by atoms with Crippen LogP contribution in [0.1, 0.15) is 13.0 Å². The molecule has 0 saturated heterocycles. The fourth-order valence-electron chi connectivity index (χ4n) is 1.65. The van der Waals surface area contributed by atoms with Crippen LogP contribution < -0.4 is 5.73 Å². The smallest absolute Gasteiger partial charge is 0.0700 e. The van der Waals surface area contributed by atoms with Crippen molar-refractivity contribution in [1.82, 2.24) is 9.78 Å². The minimum absolute atomic E-state index is 0.168. The highest BCUT2D eigenvalue weighted by molar-refractivity contribution is 6.33. The van der Waals surface area contributed by atoms with Gasteiger partial charge >= 0.3 is 0 Å². The van der Waals surface area contributed by atoms with Gasteiger partial charge in [0.1, 0.15) is 0 Å². The molecule has 2 aromatic rings. The summed E-state index contributed by atoms with van der Waals surface area (Å²) in [6.07, 6.45) is 1.77. The molecule has 4 heteroatoms. The Morgan fingerprint density at radius 1 is 1.38 bits per heavy atom. The summed E-state index contributed by atoms with van der Waals surface area (Å²) in [6, 6.07) is 9.86. The molecule has 0 aliphatic carbocycles. The van der Waals surface area contributed by atoms with E-state index in [0.29, 0.717) is 6.54 Å². The number of hydrogen-bond donors (Lipinski definition) is 1. The summed E-state index contributed by atoms with van der Waals surface area (Å²) in [4.78, 5) is 0. The lowest BCUT2D eigenvalue weighted by molar-refractivity contribution is 0.506. The first-order valence-electron chi connectivity index (χ1n) is 5.22. The molecule has 0 aliphatic heterocycles. The van der Waals surface area contributed by atoms with Crippen LogP contribution in [0.3, 0.4) is 0 Å². The number of nitrogens with two attached hydrogens (primary N) is 1. The van der Waals surface area contributed by atoms with Gasteiger partial charge in [-0.05, 0) is 19.1 Å². The summed E-state index contributed by atoms with van der Waals surface area (Å²) in [5.41, 5.74) is 7.65. The van der Waals surface area contributed by atoms with Gasteiger partial charge in [-0.1, -0.05) is 29.8 Å². The van der Waals surface area contributed by atoms with Crippen LogP contribution in [-0.2, 0) is 0 Å². The van der Waals surface area contributed by atoms with E-state index >= 15 is 0 Å². The molecule has 16 heavy (non-hydrogen) atoms. The first-order chi connectivity index (χ1) is 7.74. The van der Waals surface area contributed by atoms with Crippen LogP contribution in [0.4, 0.5) is 0 Å². The van der Waals surface area contributed by atoms with Gasteiger partial charge in [0, 0.05) is 23.3 Å². The number of hydrogen-bond acceptors (Lipinski definition) is 2. The first-order valence-corrected chi connectivity index (χ1v) is 5.60. The van der Waals surface area contributed by atoms with Crippen molar-refractivity contribution in [3.63, 3.8) is 0 Å². The van der Waals surface area contributed by atoms with Gasteiger partial charge in [-0.2, -0.15) is 5.10 Å². The third-order valence-electron chi connectivity index (χ3n) is 2.58. The zero-order valence-electron chi connectivity index (χ0n) is 9.10. The van der Waals surface area contributed by atoms with Crippen LogP contribution in [-0.4, -0.2) is 16.3 Å². The second-order valence-corrected chi connectivity index (χ2v) is 4.13. The van der Waals surface area contributed by atoms with Crippen molar-refractivity contribution in [3.8, 4) is 11.3 Å². The molecule has 1 atom stereocenters. The van der Waals surface area contributed by atoms with Gasteiger partial charge in [-0.15, -0.1) is 0 Å². The Kier molecular flexibility index (Phi) is 3.27. The van der Waals surface area contributed by atoms with Gasteiger partial charge in [0.05, 0.1) is 11.7 Å². The zero-order valence-corrected chi connectivity index (χ0v) is 9.85. The predicted molar refractivity (Wildman–Crippen MR) is 66.4 cm³/mol. The highest BCUT2D eigenvalue weighted by Gasteiger charge is 2.12. The molecule has 0 spiro atoms. The second kappa shape index (κ2) is 4.68. The van der Waals surface area contributed by atoms with Crippen molar-refractivity contribution >= 4 is 11.6 Å². The average Bonchev–Trinajstić information content (AvgIpc) is 2.77. The molecular weight excluding hydrogens is 222 g/mol. The summed E-state index contributed by atoms with van der Waals surface area (Å²) in [6.45, 7) is 2.59. The third kappa shape index (κ3) is 1.96. The number of aromatic nitrogens is 2. The van der Waals surface area contributed by atoms with Crippen LogP contribution in [0.25, 0.3) is 11.3 Å². The zero-order chi connectivity index (χ0) is 11.5. The van der Waals surface area contributed by atoms with Gasteiger partial charge < -0.3 is 5.73 Å². The lowest BCUT2D eigenvalue weighted by atomic mass is 10.1. The molecule has 2 rings (SSSR count). The summed E-state index contributed by atoms with van der Waals surface area (Å²) in [7, 11) is 0. The quantitative estimate of drug-likeness (QED) is 0.889. The molecule has 2 N–H and O–H groups in total. The van der Waals surface area contributed by atoms with Gasteiger partial charge in [0.15, 0.2) is 0 Å². The maximum Gasteiger partial charge on any atom is 0.0700 e. The topological polar surface area (TPSA) is 43.8 Å². The van der Waals surface area contributed by atoms with E-state index in [-0.39, 0.29) is 6.04 Å². The molecule has 0 saturated carbocycles. The predicted octanol–water partition coefficient (Wildman–Crippen LogP) is 2.72. The van der Waals surface area contributed by atoms with Crippen LogP contribution in [0.2, 0.25) is 5.02 Å². The standard InChI is InChI=1S/C12H14ClN3/c1-9(8-14)16-12(6-7-15-16)10-4-2-3-5-11(10)13/h2-7,9H,8,14H2,1H3. The van der Waals surface area contributed by atoms with E-state index in [1.165, 1.54) is 0 Å². The maximum absolute atomic E-state index is 6.16. The van der Waals surface area contributed by atoms with Crippen molar-refractivity contribution in [2.24, 2.45) is 5.73 Å². The molecule has 84 valence electrons. The van der Waals surface area contributed by atoms with Gasteiger partial charge in [-0.25, -0.2) is 0 Å². The SMILES string of the molecule is CC(CN)n1nccc1-c1ccccc1Cl. The number of benzene rings is 1. The number of nitrogens with zero attached hydrogens (tertiary/aromatic N) is 2. The normalized spacial score (nSPS) is 12.7. The Balaban J connectivity index is 2.49. The van der Waals surface area contributed by atoms with E-state index in [1.807, 2.05) is 41.9 Å². The minimum atomic E-state index is 0.168. The van der Waals surface area contributed by atoms with E-state index in [0.717, 1.165) is 16.3 Å². The van der Waals surface area contributed by atoms with E-state index in [9.17, 15) is 0 Å². The molecule has 0 fully saturated rings. The number of rotatable bonds is 3. The van der Waals surface area contributed by atoms with Gasteiger partial charge in [-0.3, -0.25) is 4.68 Å². The maximum atomic E-state index is 6.16. The molecule has 1 aromatic carbocycles. The lowest BCUT2D eigenvalue weighted by Gasteiger charge is -2.14. The molecule has 3 nitrogen and oxygen atoms in total. The van der Waals surface area contributed by atoms with E-state index in [1.54, 1.807) is 6.20 Å². The summed E-state index contributed by atoms with van der Waals surface area (Å²) < 4.78 is 1.90. The van der Waals surface area contributed by atoms with E-state index in [4.69, 9.17) is 17.3 Å². The Morgan fingerprint density at radius 2 is 2.12 bits per heavy atom. The van der Waals surface area contributed by atoms with Crippen molar-refractivity contribution < 1.29 is 0 Å². The fourth-order valence-corrected chi connectivity index (χ4v) is 1.88. The molecular formula is C12H14ClN3. The Hall–Kier alpha value is -1.32. The minimum Gasteiger partial charge on any atom is -0.328 e. The Labute approximate surface area is 99.8 Å². The molecule has 0 bridgehead atoms. The van der Waals surface area contributed by atoms with Gasteiger partial charge in [0.25, 0.3) is 0 Å². The molecule has 0 amide bonds. The first kappa shape index (κ1) is 11.2. The van der Waals surface area contributed by atoms with Crippen LogP contribution in [0.15, 0.2) is 36.5 Å². The van der Waals surface area contributed by atoms with Crippen molar-refractivity contribution in [2.75, 3.05) is 6.54 Å². The van der Waals surface area contributed by atoms with Crippen molar-refractivity contribution in [3.05, 3.63) is 41.6 Å². The number of halogens is 1. The van der Waals surface area contributed by atoms with Crippen LogP contribution in [0.5, 0.6) is 0 Å². The molecule has 0 aliphatic rings. The highest BCUT2D eigenvalue weighted by atomic mass is 35.5. The second-order valence-electron chi connectivity index (χ2n) is 3.73. The van der Waals surface area contributed by atoms with Crippen molar-refractivity contribution in [1.29, 1.82) is 0 Å². The highest BCUT2D eigenvalue weighted by Crippen LogP contribution is 2.28. The van der Waals surface area contributed by atoms with Crippen LogP contribution >= 0.6 is 11.6 Å². The molecule has 1 heterocycles. The lowest BCUT2D eigenvalue weighted by Crippen LogP contribution is -2.17.